The van der Waals surface area contributed by atoms with Gasteiger partial charge in [0.1, 0.15) is 13.2 Å². The van der Waals surface area contributed by atoms with E-state index in [1.165, 1.54) is 0 Å². The Hall–Kier alpha value is -0.370. The quantitative estimate of drug-likeness (QED) is 0.446. The summed E-state index contributed by atoms with van der Waals surface area (Å²) in [5.41, 5.74) is 0. The van der Waals surface area contributed by atoms with Crippen molar-refractivity contribution in [1.29, 1.82) is 0 Å². The van der Waals surface area contributed by atoms with E-state index in [1.54, 1.807) is 0 Å². The third kappa shape index (κ3) is 7.97. The lowest BCUT2D eigenvalue weighted by atomic mass is 10.5. The van der Waals surface area contributed by atoms with Crippen LogP contribution in [0.3, 0.4) is 0 Å². The number of carbonyl (C=O) groups is 2. The van der Waals surface area contributed by atoms with Crippen molar-refractivity contribution >= 4 is 34.5 Å². The Kier molecular flexibility index (Phi) is 6.87. The summed E-state index contributed by atoms with van der Waals surface area (Å²) in [6.45, 7) is 1.08. The zero-order valence-electron chi connectivity index (χ0n) is 7.16. The van der Waals surface area contributed by atoms with Crippen LogP contribution in [0.1, 0.15) is 13.3 Å². The fourth-order valence-corrected chi connectivity index (χ4v) is 0.765. The zero-order valence-corrected chi connectivity index (χ0v) is 9.31. The first-order chi connectivity index (χ1) is 6.06. The summed E-state index contributed by atoms with van der Waals surface area (Å²) in [5.74, 6) is -1.64. The van der Waals surface area contributed by atoms with Crippen molar-refractivity contribution in [3.05, 3.63) is 0 Å². The van der Waals surface area contributed by atoms with E-state index >= 15 is 0 Å². The molecule has 0 aliphatic rings. The molecule has 0 aliphatic heterocycles. The van der Waals surface area contributed by atoms with Gasteiger partial charge >= 0.3 is 11.9 Å². The Labute approximate surface area is 89.5 Å². The number of rotatable bonds is 6. The minimum Gasteiger partial charge on any atom is -0.480 e. The summed E-state index contributed by atoms with van der Waals surface area (Å²) in [6.07, 6.45) is 0.714. The highest BCUT2D eigenvalue weighted by atomic mass is 127. The molecule has 1 unspecified atom stereocenters. The summed E-state index contributed by atoms with van der Waals surface area (Å²) in [5, 5.41) is 8.18. The molecule has 1 N–H and O–H groups in total. The lowest BCUT2D eigenvalue weighted by Gasteiger charge is -2.08. The maximum Gasteiger partial charge on any atom is 0.333 e. The molecule has 0 radical (unpaired) electrons. The van der Waals surface area contributed by atoms with Gasteiger partial charge in [0.05, 0.1) is 0 Å². The van der Waals surface area contributed by atoms with Gasteiger partial charge in [-0.15, -0.1) is 0 Å². The predicted octanol–water partition coefficient (Wildman–Crippen LogP) is 0.802. The lowest BCUT2D eigenvalue weighted by molar-refractivity contribution is -0.153. The molecule has 0 saturated heterocycles. The van der Waals surface area contributed by atoms with E-state index in [1.807, 2.05) is 29.5 Å². The van der Waals surface area contributed by atoms with Crippen LogP contribution >= 0.6 is 22.6 Å². The molecule has 1 atom stereocenters. The summed E-state index contributed by atoms with van der Waals surface area (Å²) >= 11 is 1.97. The number of carboxylic acid groups (broad SMARTS) is 1. The number of ether oxygens (including phenoxy) is 2. The Balaban J connectivity index is 3.46. The minimum atomic E-state index is -1.10. The monoisotopic (exact) mass is 302 g/mol. The molecule has 0 rings (SSSR count). The van der Waals surface area contributed by atoms with E-state index in [9.17, 15) is 9.59 Å². The fourth-order valence-electron chi connectivity index (χ4n) is 0.482. The van der Waals surface area contributed by atoms with Gasteiger partial charge in [-0.05, 0) is 29.0 Å². The van der Waals surface area contributed by atoms with Crippen LogP contribution in [0.5, 0.6) is 0 Å². The van der Waals surface area contributed by atoms with Crippen molar-refractivity contribution in [3.63, 3.8) is 0 Å². The molecule has 0 amide bonds. The lowest BCUT2D eigenvalue weighted by Crippen LogP contribution is -2.19. The summed E-state index contributed by atoms with van der Waals surface area (Å²) < 4.78 is 9.15. The Morgan fingerprint density at radius 1 is 1.46 bits per heavy atom. The van der Waals surface area contributed by atoms with Gasteiger partial charge in [0, 0.05) is 0 Å². The topological polar surface area (TPSA) is 72.8 Å². The number of halogens is 1. The molecule has 6 heteroatoms. The van der Waals surface area contributed by atoms with Gasteiger partial charge in [0.25, 0.3) is 0 Å². The van der Waals surface area contributed by atoms with Crippen molar-refractivity contribution in [2.75, 3.05) is 13.2 Å². The highest BCUT2D eigenvalue weighted by Gasteiger charge is 2.09. The number of alkyl halides is 1. The molecule has 0 spiro atoms. The molecule has 0 saturated carbocycles. The number of carboxylic acids is 1. The standard InChI is InChI=1S/C7H11IO5/c1-2-5(8)13-7(11)4-12-3-6(9)10/h5H,2-4H2,1H3,(H,9,10). The number of esters is 1. The van der Waals surface area contributed by atoms with Crippen molar-refractivity contribution in [3.8, 4) is 0 Å². The van der Waals surface area contributed by atoms with E-state index in [0.717, 1.165) is 0 Å². The van der Waals surface area contributed by atoms with Gasteiger partial charge < -0.3 is 14.6 Å². The number of aliphatic carboxylic acids is 1. The molecular weight excluding hydrogens is 291 g/mol. The number of hydrogen-bond acceptors (Lipinski definition) is 4. The van der Waals surface area contributed by atoms with Gasteiger partial charge in [-0.3, -0.25) is 0 Å². The van der Waals surface area contributed by atoms with Crippen molar-refractivity contribution in [2.24, 2.45) is 0 Å². The van der Waals surface area contributed by atoms with Crippen LogP contribution in [0.4, 0.5) is 0 Å². The summed E-state index contributed by atoms with van der Waals surface area (Å²) in [6, 6.07) is 0. The van der Waals surface area contributed by atoms with Crippen LogP contribution in [0.25, 0.3) is 0 Å². The first-order valence-electron chi connectivity index (χ1n) is 3.69. The van der Waals surface area contributed by atoms with Crippen LogP contribution in [0.15, 0.2) is 0 Å². The highest BCUT2D eigenvalue weighted by Crippen LogP contribution is 2.06. The molecule has 0 aromatic heterocycles. The third-order valence-electron chi connectivity index (χ3n) is 1.03. The SMILES string of the molecule is CCC(I)OC(=O)COCC(=O)O. The fraction of sp³-hybridized carbons (Fsp3) is 0.714. The largest absolute Gasteiger partial charge is 0.480 e. The van der Waals surface area contributed by atoms with E-state index in [4.69, 9.17) is 9.84 Å². The molecular formula is C7H11IO5. The van der Waals surface area contributed by atoms with E-state index in [2.05, 4.69) is 4.74 Å². The number of hydrogen-bond donors (Lipinski definition) is 1. The zero-order chi connectivity index (χ0) is 10.3. The van der Waals surface area contributed by atoms with Crippen LogP contribution in [-0.4, -0.2) is 34.4 Å². The van der Waals surface area contributed by atoms with Crippen LogP contribution in [0, 0.1) is 0 Å². The molecule has 0 aliphatic carbocycles. The molecule has 76 valence electrons. The smallest absolute Gasteiger partial charge is 0.333 e. The normalized spacial score (nSPS) is 12.2. The van der Waals surface area contributed by atoms with Gasteiger partial charge in [-0.2, -0.15) is 0 Å². The van der Waals surface area contributed by atoms with Crippen molar-refractivity contribution < 1.29 is 24.2 Å². The van der Waals surface area contributed by atoms with E-state index in [0.29, 0.717) is 6.42 Å². The van der Waals surface area contributed by atoms with Gasteiger partial charge in [0.15, 0.2) is 4.11 Å². The van der Waals surface area contributed by atoms with Gasteiger partial charge in [-0.1, -0.05) is 6.92 Å². The van der Waals surface area contributed by atoms with Crippen LogP contribution in [-0.2, 0) is 19.1 Å². The third-order valence-corrected chi connectivity index (χ3v) is 2.16. The van der Waals surface area contributed by atoms with E-state index in [-0.39, 0.29) is 10.7 Å². The van der Waals surface area contributed by atoms with Crippen molar-refractivity contribution in [2.45, 2.75) is 17.5 Å². The average molecular weight is 302 g/mol. The molecule has 0 aromatic rings. The minimum absolute atomic E-state index is 0.182. The maximum absolute atomic E-state index is 10.8. The van der Waals surface area contributed by atoms with Crippen LogP contribution in [0.2, 0.25) is 0 Å². The predicted molar refractivity (Wildman–Crippen MR) is 52.6 cm³/mol. The molecule has 0 fully saturated rings. The average Bonchev–Trinajstić information content (AvgIpc) is 2.03. The molecule has 0 heterocycles. The molecule has 5 nitrogen and oxygen atoms in total. The highest BCUT2D eigenvalue weighted by molar-refractivity contribution is 14.1. The summed E-state index contributed by atoms with van der Waals surface area (Å²) in [4.78, 5) is 20.8. The second-order valence-electron chi connectivity index (χ2n) is 2.19. The number of carbonyl (C=O) groups excluding carboxylic acids is 1. The van der Waals surface area contributed by atoms with Gasteiger partial charge in [0.2, 0.25) is 0 Å². The summed E-state index contributed by atoms with van der Waals surface area (Å²) in [7, 11) is 0. The first kappa shape index (κ1) is 12.6. The molecule has 13 heavy (non-hydrogen) atoms. The van der Waals surface area contributed by atoms with Crippen LogP contribution < -0.4 is 0 Å². The molecule has 0 aromatic carbocycles. The molecule has 0 bridgehead atoms. The first-order valence-corrected chi connectivity index (χ1v) is 4.94. The van der Waals surface area contributed by atoms with E-state index < -0.39 is 18.5 Å². The second kappa shape index (κ2) is 7.07. The second-order valence-corrected chi connectivity index (χ2v) is 3.58. The van der Waals surface area contributed by atoms with Gasteiger partial charge in [-0.25, -0.2) is 9.59 Å². The Morgan fingerprint density at radius 2 is 2.08 bits per heavy atom. The Morgan fingerprint density at radius 3 is 2.54 bits per heavy atom. The maximum atomic E-state index is 10.8. The van der Waals surface area contributed by atoms with Crippen molar-refractivity contribution in [1.82, 2.24) is 0 Å². The Bertz CT molecular complexity index is 182.